The van der Waals surface area contributed by atoms with E-state index in [4.69, 9.17) is 16.3 Å². The standard InChI is InChI=1S/C13H15ClF3NO/c1-9(14)11-3-2-10(13(15,16)17)8-12(11)18-4-6-19-7-5-18/h2-3,8-9H,4-7H2,1H3. The van der Waals surface area contributed by atoms with Gasteiger partial charge in [0.05, 0.1) is 24.2 Å². The van der Waals surface area contributed by atoms with Crippen LogP contribution in [0, 0.1) is 0 Å². The second-order valence-electron chi connectivity index (χ2n) is 4.49. The Balaban J connectivity index is 2.41. The maximum Gasteiger partial charge on any atom is 0.416 e. The van der Waals surface area contributed by atoms with Crippen LogP contribution in [0.4, 0.5) is 18.9 Å². The summed E-state index contributed by atoms with van der Waals surface area (Å²) in [6.07, 6.45) is -4.34. The van der Waals surface area contributed by atoms with Gasteiger partial charge in [-0.1, -0.05) is 6.07 Å². The van der Waals surface area contributed by atoms with Gasteiger partial charge in [0.15, 0.2) is 0 Å². The van der Waals surface area contributed by atoms with Gasteiger partial charge in [-0.2, -0.15) is 13.2 Å². The minimum atomic E-state index is -4.34. The van der Waals surface area contributed by atoms with Crippen LogP contribution in [0.25, 0.3) is 0 Å². The van der Waals surface area contributed by atoms with Gasteiger partial charge in [0.2, 0.25) is 0 Å². The molecule has 0 saturated carbocycles. The molecular weight excluding hydrogens is 279 g/mol. The summed E-state index contributed by atoms with van der Waals surface area (Å²) in [6, 6.07) is 3.73. The van der Waals surface area contributed by atoms with Crippen LogP contribution in [0.5, 0.6) is 0 Å². The van der Waals surface area contributed by atoms with Gasteiger partial charge in [-0.15, -0.1) is 11.6 Å². The number of hydrogen-bond donors (Lipinski definition) is 0. The summed E-state index contributed by atoms with van der Waals surface area (Å²) in [5, 5.41) is -0.333. The van der Waals surface area contributed by atoms with Gasteiger partial charge in [-0.05, 0) is 24.6 Å². The van der Waals surface area contributed by atoms with Crippen LogP contribution in [-0.2, 0) is 10.9 Å². The molecule has 1 heterocycles. The van der Waals surface area contributed by atoms with Crippen molar-refractivity contribution >= 4 is 17.3 Å². The van der Waals surface area contributed by atoms with E-state index in [1.165, 1.54) is 12.1 Å². The maximum atomic E-state index is 12.8. The van der Waals surface area contributed by atoms with Gasteiger partial charge in [0.25, 0.3) is 0 Å². The number of rotatable bonds is 2. The molecule has 106 valence electrons. The van der Waals surface area contributed by atoms with E-state index in [0.717, 1.165) is 11.6 Å². The van der Waals surface area contributed by atoms with Gasteiger partial charge in [-0.25, -0.2) is 0 Å². The van der Waals surface area contributed by atoms with Crippen molar-refractivity contribution in [1.29, 1.82) is 0 Å². The summed E-state index contributed by atoms with van der Waals surface area (Å²) in [4.78, 5) is 1.90. The highest BCUT2D eigenvalue weighted by molar-refractivity contribution is 6.21. The van der Waals surface area contributed by atoms with Crippen LogP contribution in [0.3, 0.4) is 0 Å². The molecule has 1 aromatic rings. The molecule has 0 bridgehead atoms. The number of morpholine rings is 1. The average Bonchev–Trinajstić information content (AvgIpc) is 2.38. The molecule has 1 aliphatic heterocycles. The molecular formula is C13H15ClF3NO. The zero-order valence-corrected chi connectivity index (χ0v) is 11.3. The summed E-state index contributed by atoms with van der Waals surface area (Å²) >= 11 is 6.05. The molecule has 2 nitrogen and oxygen atoms in total. The average molecular weight is 294 g/mol. The lowest BCUT2D eigenvalue weighted by atomic mass is 10.0. The zero-order chi connectivity index (χ0) is 14.0. The van der Waals surface area contributed by atoms with Crippen molar-refractivity contribution in [2.75, 3.05) is 31.2 Å². The first-order chi connectivity index (χ1) is 8.89. The Morgan fingerprint density at radius 2 is 1.89 bits per heavy atom. The van der Waals surface area contributed by atoms with E-state index in [2.05, 4.69) is 0 Å². The van der Waals surface area contributed by atoms with Gasteiger partial charge in [0, 0.05) is 18.8 Å². The van der Waals surface area contributed by atoms with Gasteiger partial charge in [-0.3, -0.25) is 0 Å². The molecule has 1 saturated heterocycles. The SMILES string of the molecule is CC(Cl)c1ccc(C(F)(F)F)cc1N1CCOCC1. The van der Waals surface area contributed by atoms with E-state index in [9.17, 15) is 13.2 Å². The normalized spacial score (nSPS) is 18.5. The molecule has 1 atom stereocenters. The summed E-state index contributed by atoms with van der Waals surface area (Å²) in [5.74, 6) is 0. The third kappa shape index (κ3) is 3.34. The monoisotopic (exact) mass is 293 g/mol. The van der Waals surface area contributed by atoms with Crippen LogP contribution in [0.1, 0.15) is 23.4 Å². The molecule has 1 aliphatic rings. The fourth-order valence-electron chi connectivity index (χ4n) is 2.13. The Bertz CT molecular complexity index is 442. The number of alkyl halides is 4. The van der Waals surface area contributed by atoms with Crippen molar-refractivity contribution in [1.82, 2.24) is 0 Å². The number of benzene rings is 1. The van der Waals surface area contributed by atoms with Crippen LogP contribution in [0.15, 0.2) is 18.2 Å². The molecule has 0 spiro atoms. The van der Waals surface area contributed by atoms with Crippen molar-refractivity contribution in [2.24, 2.45) is 0 Å². The number of anilines is 1. The highest BCUT2D eigenvalue weighted by Crippen LogP contribution is 2.37. The van der Waals surface area contributed by atoms with E-state index >= 15 is 0 Å². The molecule has 1 fully saturated rings. The fraction of sp³-hybridized carbons (Fsp3) is 0.538. The minimum Gasteiger partial charge on any atom is -0.378 e. The molecule has 0 aromatic heterocycles. The van der Waals surface area contributed by atoms with E-state index in [1.54, 1.807) is 6.92 Å². The molecule has 0 N–H and O–H groups in total. The quantitative estimate of drug-likeness (QED) is 0.768. The first kappa shape index (κ1) is 14.5. The first-order valence-electron chi connectivity index (χ1n) is 6.07. The topological polar surface area (TPSA) is 12.5 Å². The summed E-state index contributed by atoms with van der Waals surface area (Å²) in [5.41, 5.74) is 0.632. The second kappa shape index (κ2) is 5.59. The van der Waals surface area contributed by atoms with Gasteiger partial charge < -0.3 is 9.64 Å². The summed E-state index contributed by atoms with van der Waals surface area (Å²) < 4.78 is 43.6. The zero-order valence-electron chi connectivity index (χ0n) is 10.5. The fourth-order valence-corrected chi connectivity index (χ4v) is 2.32. The van der Waals surface area contributed by atoms with E-state index in [-0.39, 0.29) is 5.38 Å². The number of halogens is 4. The van der Waals surface area contributed by atoms with Crippen LogP contribution >= 0.6 is 11.6 Å². The predicted molar refractivity (Wildman–Crippen MR) is 68.7 cm³/mol. The Kier molecular flexibility index (Phi) is 4.26. The van der Waals surface area contributed by atoms with Crippen molar-refractivity contribution in [3.05, 3.63) is 29.3 Å². The van der Waals surface area contributed by atoms with Gasteiger partial charge in [0.1, 0.15) is 0 Å². The lowest BCUT2D eigenvalue weighted by molar-refractivity contribution is -0.137. The van der Waals surface area contributed by atoms with Crippen LogP contribution < -0.4 is 4.90 Å². The van der Waals surface area contributed by atoms with Crippen LogP contribution in [0.2, 0.25) is 0 Å². The molecule has 1 unspecified atom stereocenters. The largest absolute Gasteiger partial charge is 0.416 e. The third-order valence-corrected chi connectivity index (χ3v) is 3.37. The highest BCUT2D eigenvalue weighted by atomic mass is 35.5. The number of hydrogen-bond acceptors (Lipinski definition) is 2. The Morgan fingerprint density at radius 1 is 1.26 bits per heavy atom. The van der Waals surface area contributed by atoms with E-state index in [0.29, 0.717) is 32.0 Å². The van der Waals surface area contributed by atoms with E-state index in [1.807, 2.05) is 4.90 Å². The number of ether oxygens (including phenoxy) is 1. The predicted octanol–water partition coefficient (Wildman–Crippen LogP) is 3.84. The van der Waals surface area contributed by atoms with Crippen molar-refractivity contribution in [3.63, 3.8) is 0 Å². The Morgan fingerprint density at radius 3 is 2.42 bits per heavy atom. The molecule has 0 amide bonds. The Labute approximate surface area is 115 Å². The maximum absolute atomic E-state index is 12.8. The molecule has 2 rings (SSSR count). The smallest absolute Gasteiger partial charge is 0.378 e. The van der Waals surface area contributed by atoms with Crippen LogP contribution in [-0.4, -0.2) is 26.3 Å². The van der Waals surface area contributed by atoms with Crippen molar-refractivity contribution in [3.8, 4) is 0 Å². The summed E-state index contributed by atoms with van der Waals surface area (Å²) in [7, 11) is 0. The molecule has 6 heteroatoms. The Hall–Kier alpha value is -0.940. The van der Waals surface area contributed by atoms with Gasteiger partial charge >= 0.3 is 6.18 Å². The van der Waals surface area contributed by atoms with Crippen molar-refractivity contribution < 1.29 is 17.9 Å². The minimum absolute atomic E-state index is 0.333. The molecule has 19 heavy (non-hydrogen) atoms. The van der Waals surface area contributed by atoms with Crippen molar-refractivity contribution in [2.45, 2.75) is 18.5 Å². The lowest BCUT2D eigenvalue weighted by Crippen LogP contribution is -2.37. The summed E-state index contributed by atoms with van der Waals surface area (Å²) in [6.45, 7) is 3.96. The lowest BCUT2D eigenvalue weighted by Gasteiger charge is -2.31. The molecule has 0 radical (unpaired) electrons. The third-order valence-electron chi connectivity index (χ3n) is 3.14. The molecule has 1 aromatic carbocycles. The first-order valence-corrected chi connectivity index (χ1v) is 6.51. The highest BCUT2D eigenvalue weighted by Gasteiger charge is 2.32. The number of nitrogens with zero attached hydrogens (tertiary/aromatic N) is 1. The van der Waals surface area contributed by atoms with E-state index < -0.39 is 11.7 Å². The molecule has 0 aliphatic carbocycles. The second-order valence-corrected chi connectivity index (χ2v) is 5.14.